The number of halogens is 1. The molecule has 1 N–H and O–H groups in total. The van der Waals surface area contributed by atoms with Gasteiger partial charge >= 0.3 is 0 Å². The normalized spacial score (nSPS) is 18.1. The molecule has 0 saturated heterocycles. The summed E-state index contributed by atoms with van der Waals surface area (Å²) < 4.78 is 6.60. The lowest BCUT2D eigenvalue weighted by molar-refractivity contribution is 0.0921. The van der Waals surface area contributed by atoms with E-state index in [-0.39, 0.29) is 28.8 Å². The van der Waals surface area contributed by atoms with Crippen molar-refractivity contribution in [1.29, 1.82) is 0 Å². The number of nitrogens with zero attached hydrogens (tertiary/aromatic N) is 2. The Labute approximate surface area is 247 Å². The number of nitrogens with one attached hydrogen (secondary N) is 1. The minimum Gasteiger partial charge on any atom is -0.453 e. The van der Waals surface area contributed by atoms with Crippen LogP contribution in [0.25, 0.3) is 21.5 Å². The maximum atomic E-state index is 13.1. The smallest absolute Gasteiger partial charge is 0.198 e. The largest absolute Gasteiger partial charge is 0.453 e. The number of anilines is 1. The monoisotopic (exact) mass is 609 g/mol. The van der Waals surface area contributed by atoms with Crippen LogP contribution < -0.4 is 21.3 Å². The van der Waals surface area contributed by atoms with Gasteiger partial charge in [-0.2, -0.15) is 0 Å². The van der Waals surface area contributed by atoms with Gasteiger partial charge in [-0.1, -0.05) is 49.6 Å². The van der Waals surface area contributed by atoms with Crippen molar-refractivity contribution < 1.29 is 9.21 Å². The van der Waals surface area contributed by atoms with Crippen LogP contribution >= 0.6 is 15.9 Å². The van der Waals surface area contributed by atoms with Gasteiger partial charge in [-0.25, -0.2) is 0 Å². The van der Waals surface area contributed by atoms with Gasteiger partial charge in [0.2, 0.25) is 0 Å². The number of fused-ring (bicyclic) bond motifs is 1. The number of allylic oxidation sites excluding steroid dienone is 2. The number of pyridine rings is 2. The van der Waals surface area contributed by atoms with Gasteiger partial charge in [0, 0.05) is 58.4 Å². The molecule has 0 atom stereocenters. The molecule has 7 heteroatoms. The summed E-state index contributed by atoms with van der Waals surface area (Å²) in [6, 6.07) is 14.5. The minimum absolute atomic E-state index is 0.118. The van der Waals surface area contributed by atoms with E-state index in [4.69, 9.17) is 9.40 Å². The molecule has 1 aliphatic rings. The van der Waals surface area contributed by atoms with Crippen molar-refractivity contribution in [1.82, 2.24) is 9.97 Å². The fourth-order valence-corrected chi connectivity index (χ4v) is 5.76. The number of carbonyl (C=O) groups excluding carboxylic acids is 1. The molecule has 0 amide bonds. The summed E-state index contributed by atoms with van der Waals surface area (Å²) in [5, 5.41) is 5.82. The number of rotatable bonds is 9. The summed E-state index contributed by atoms with van der Waals surface area (Å²) in [5.74, 6) is 0.524. The first-order valence-corrected chi connectivity index (χ1v) is 14.6. The topological polar surface area (TPSA) is 85.1 Å². The molecule has 0 spiro atoms. The SMILES string of the molecule is C=C/C=c1/c(NCc2cccnc2)cc(C2CCC(CC(=O)c3cc(=O)c4ccccc4o3)CC2)n/c1=C(\Br)C=C. The lowest BCUT2D eigenvalue weighted by Gasteiger charge is -2.28. The first-order valence-electron chi connectivity index (χ1n) is 13.8. The molecular weight excluding hydrogens is 578 g/mol. The predicted octanol–water partition coefficient (Wildman–Crippen LogP) is 6.40. The molecule has 5 rings (SSSR count). The molecule has 1 aliphatic carbocycles. The molecule has 1 fully saturated rings. The first-order chi connectivity index (χ1) is 20.0. The van der Waals surface area contributed by atoms with Gasteiger partial charge in [0.15, 0.2) is 17.0 Å². The third-order valence-corrected chi connectivity index (χ3v) is 8.32. The van der Waals surface area contributed by atoms with Crippen LogP contribution in [0.2, 0.25) is 0 Å². The molecule has 3 heterocycles. The molecule has 0 bridgehead atoms. The predicted molar refractivity (Wildman–Crippen MR) is 168 cm³/mol. The number of hydrogen-bond acceptors (Lipinski definition) is 6. The van der Waals surface area contributed by atoms with E-state index >= 15 is 0 Å². The van der Waals surface area contributed by atoms with E-state index in [9.17, 15) is 9.59 Å². The molecule has 1 saturated carbocycles. The second kappa shape index (κ2) is 13.0. The van der Waals surface area contributed by atoms with Gasteiger partial charge in [-0.3, -0.25) is 19.6 Å². The number of para-hydroxylation sites is 1. The van der Waals surface area contributed by atoms with Crippen LogP contribution in [0.15, 0.2) is 95.4 Å². The zero-order chi connectivity index (χ0) is 28.8. The molecule has 0 aliphatic heterocycles. The second-order valence-electron chi connectivity index (χ2n) is 10.3. The zero-order valence-electron chi connectivity index (χ0n) is 22.8. The maximum Gasteiger partial charge on any atom is 0.198 e. The average molecular weight is 611 g/mol. The summed E-state index contributed by atoms with van der Waals surface area (Å²) in [6.07, 6.45) is 13.1. The van der Waals surface area contributed by atoms with Gasteiger partial charge in [-0.05, 0) is 77.4 Å². The lowest BCUT2D eigenvalue weighted by atomic mass is 9.78. The Kier molecular flexibility index (Phi) is 9.04. The van der Waals surface area contributed by atoms with Crippen LogP contribution in [0.3, 0.4) is 0 Å². The Hall–Kier alpha value is -4.10. The van der Waals surface area contributed by atoms with E-state index in [0.717, 1.165) is 57.7 Å². The molecule has 0 unspecified atom stereocenters. The molecule has 6 nitrogen and oxygen atoms in total. The van der Waals surface area contributed by atoms with Crippen LogP contribution in [0.5, 0.6) is 0 Å². The Morgan fingerprint density at radius 1 is 1.10 bits per heavy atom. The Bertz CT molecular complexity index is 1770. The van der Waals surface area contributed by atoms with Crippen molar-refractivity contribution in [2.24, 2.45) is 5.92 Å². The standard InChI is InChI=1S/C34H32BrN3O3/c1-3-8-25-29(37-21-23-9-7-16-36-20-23)18-28(38-34(25)27(35)4-2)24-14-12-22(13-15-24)17-31(40)33-19-30(39)26-10-5-6-11-32(26)41-33/h3-11,16,18-20,22,24,37H,1-2,12-15,17,21H2/b25-8-,34-27-. The van der Waals surface area contributed by atoms with E-state index in [1.807, 2.05) is 24.4 Å². The fraction of sp³-hybridized carbons (Fsp3) is 0.235. The van der Waals surface area contributed by atoms with Crippen molar-refractivity contribution in [3.05, 3.63) is 124 Å². The Balaban J connectivity index is 1.34. The van der Waals surface area contributed by atoms with Crippen molar-refractivity contribution >= 4 is 48.9 Å². The highest BCUT2D eigenvalue weighted by molar-refractivity contribution is 9.15. The number of hydrogen-bond donors (Lipinski definition) is 1. The molecular formula is C34H32BrN3O3. The summed E-state index contributed by atoms with van der Waals surface area (Å²) in [5.41, 5.74) is 3.32. The average Bonchev–Trinajstić information content (AvgIpc) is 3.01. The number of Topliss-reactive ketones (excluding diaryl/α,β-unsaturated/α-hetero) is 1. The third-order valence-electron chi connectivity index (χ3n) is 7.62. The summed E-state index contributed by atoms with van der Waals surface area (Å²) in [6.45, 7) is 8.47. The van der Waals surface area contributed by atoms with Gasteiger partial charge in [-0.15, -0.1) is 0 Å². The van der Waals surface area contributed by atoms with E-state index in [1.54, 1.807) is 42.6 Å². The molecule has 4 aromatic rings. The van der Waals surface area contributed by atoms with Gasteiger partial charge < -0.3 is 9.73 Å². The van der Waals surface area contributed by atoms with Crippen LogP contribution in [-0.2, 0) is 6.54 Å². The molecule has 1 aromatic carbocycles. The Morgan fingerprint density at radius 2 is 1.90 bits per heavy atom. The van der Waals surface area contributed by atoms with Gasteiger partial charge in [0.25, 0.3) is 0 Å². The fourth-order valence-electron chi connectivity index (χ4n) is 5.46. The summed E-state index contributed by atoms with van der Waals surface area (Å²) >= 11 is 3.65. The number of aromatic nitrogens is 2. The van der Waals surface area contributed by atoms with E-state index in [1.165, 1.54) is 6.07 Å². The van der Waals surface area contributed by atoms with Crippen LogP contribution in [0.1, 0.15) is 59.8 Å². The highest BCUT2D eigenvalue weighted by Crippen LogP contribution is 2.37. The molecule has 208 valence electrons. The van der Waals surface area contributed by atoms with Crippen LogP contribution in [-0.4, -0.2) is 15.8 Å². The minimum atomic E-state index is -0.187. The maximum absolute atomic E-state index is 13.1. The lowest BCUT2D eigenvalue weighted by Crippen LogP contribution is -2.34. The van der Waals surface area contributed by atoms with Crippen LogP contribution in [0.4, 0.5) is 5.69 Å². The quantitative estimate of drug-likeness (QED) is 0.221. The summed E-state index contributed by atoms with van der Waals surface area (Å²) in [4.78, 5) is 34.8. The first kappa shape index (κ1) is 28.4. The zero-order valence-corrected chi connectivity index (χ0v) is 24.4. The van der Waals surface area contributed by atoms with E-state index < -0.39 is 0 Å². The van der Waals surface area contributed by atoms with Gasteiger partial charge in [0.05, 0.1) is 10.7 Å². The summed E-state index contributed by atoms with van der Waals surface area (Å²) in [7, 11) is 0. The highest BCUT2D eigenvalue weighted by atomic mass is 79.9. The van der Waals surface area contributed by atoms with Crippen LogP contribution in [0, 0.1) is 5.92 Å². The van der Waals surface area contributed by atoms with Crippen molar-refractivity contribution in [2.45, 2.75) is 44.6 Å². The van der Waals surface area contributed by atoms with Crippen molar-refractivity contribution in [3.63, 3.8) is 0 Å². The highest BCUT2D eigenvalue weighted by Gasteiger charge is 2.27. The second-order valence-corrected chi connectivity index (χ2v) is 11.2. The van der Waals surface area contributed by atoms with Crippen molar-refractivity contribution in [3.8, 4) is 0 Å². The molecule has 3 aromatic heterocycles. The van der Waals surface area contributed by atoms with E-state index in [0.29, 0.717) is 23.9 Å². The number of ketones is 1. The Morgan fingerprint density at radius 3 is 2.63 bits per heavy atom. The molecule has 41 heavy (non-hydrogen) atoms. The van der Waals surface area contributed by atoms with E-state index in [2.05, 4.69) is 45.5 Å². The third kappa shape index (κ3) is 6.63. The van der Waals surface area contributed by atoms with Gasteiger partial charge in [0.1, 0.15) is 5.58 Å². The van der Waals surface area contributed by atoms with Crippen molar-refractivity contribution in [2.75, 3.05) is 5.32 Å². The number of carbonyl (C=O) groups is 1. The molecule has 0 radical (unpaired) electrons. The number of benzene rings is 1.